The summed E-state index contributed by atoms with van der Waals surface area (Å²) < 4.78 is 11.3. The third kappa shape index (κ3) is 5.44. The molecule has 2 heterocycles. The third-order valence-electron chi connectivity index (χ3n) is 4.78. The van der Waals surface area contributed by atoms with Gasteiger partial charge in [-0.05, 0) is 37.5 Å². The van der Waals surface area contributed by atoms with Crippen LogP contribution in [0, 0.1) is 6.92 Å². The predicted octanol–water partition coefficient (Wildman–Crippen LogP) is 3.10. The number of furan rings is 1. The molecule has 0 unspecified atom stereocenters. The van der Waals surface area contributed by atoms with Crippen LogP contribution < -0.4 is 5.32 Å². The third-order valence-corrected chi connectivity index (χ3v) is 4.78. The van der Waals surface area contributed by atoms with Gasteiger partial charge in [-0.3, -0.25) is 9.69 Å². The van der Waals surface area contributed by atoms with Gasteiger partial charge in [-0.25, -0.2) is 0 Å². The second kappa shape index (κ2) is 9.55. The Balaban J connectivity index is 1.49. The molecule has 0 radical (unpaired) electrons. The second-order valence-electron chi connectivity index (χ2n) is 6.76. The molecule has 1 aliphatic rings. The highest BCUT2D eigenvalue weighted by Crippen LogP contribution is 2.23. The summed E-state index contributed by atoms with van der Waals surface area (Å²) in [4.78, 5) is 14.6. The summed E-state index contributed by atoms with van der Waals surface area (Å²) in [5.41, 5.74) is 1.28. The maximum atomic E-state index is 12.3. The fraction of sp³-hybridized carbons (Fsp3) is 0.476. The first-order chi connectivity index (χ1) is 12.7. The van der Waals surface area contributed by atoms with Crippen LogP contribution in [-0.2, 0) is 16.0 Å². The van der Waals surface area contributed by atoms with Crippen molar-refractivity contribution in [3.05, 3.63) is 59.5 Å². The van der Waals surface area contributed by atoms with Gasteiger partial charge in [0, 0.05) is 26.1 Å². The number of nitrogens with zero attached hydrogens (tertiary/aromatic N) is 1. The summed E-state index contributed by atoms with van der Waals surface area (Å²) in [5.74, 6) is 1.91. The zero-order valence-electron chi connectivity index (χ0n) is 15.4. The number of carbonyl (C=O) groups is 1. The first-order valence-electron chi connectivity index (χ1n) is 9.41. The van der Waals surface area contributed by atoms with Crippen molar-refractivity contribution < 1.29 is 13.9 Å². The van der Waals surface area contributed by atoms with Gasteiger partial charge in [-0.15, -0.1) is 0 Å². The van der Waals surface area contributed by atoms with E-state index in [2.05, 4.69) is 22.3 Å². The van der Waals surface area contributed by atoms with Crippen LogP contribution in [0.3, 0.4) is 0 Å². The Morgan fingerprint density at radius 3 is 2.62 bits per heavy atom. The van der Waals surface area contributed by atoms with E-state index >= 15 is 0 Å². The van der Waals surface area contributed by atoms with E-state index in [0.29, 0.717) is 13.0 Å². The van der Waals surface area contributed by atoms with Crippen molar-refractivity contribution in [1.29, 1.82) is 0 Å². The molecule has 1 N–H and O–H groups in total. The molecule has 1 saturated heterocycles. The van der Waals surface area contributed by atoms with E-state index in [1.54, 1.807) is 0 Å². The molecule has 0 aliphatic carbocycles. The lowest BCUT2D eigenvalue weighted by molar-refractivity contribution is -0.121. The SMILES string of the molecule is Cc1ccc([C@@H](CNC(=O)CCCc2ccccc2)N2CCOCC2)o1. The molecule has 0 saturated carbocycles. The van der Waals surface area contributed by atoms with Crippen LogP contribution in [-0.4, -0.2) is 43.7 Å². The van der Waals surface area contributed by atoms with Crippen LogP contribution >= 0.6 is 0 Å². The molecule has 2 aromatic rings. The molecular formula is C21H28N2O3. The van der Waals surface area contributed by atoms with Gasteiger partial charge in [-0.1, -0.05) is 30.3 Å². The number of rotatable bonds is 8. The number of ether oxygens (including phenoxy) is 1. The van der Waals surface area contributed by atoms with E-state index in [9.17, 15) is 4.79 Å². The fourth-order valence-electron chi connectivity index (χ4n) is 3.33. The number of carbonyl (C=O) groups excluding carboxylic acids is 1. The zero-order chi connectivity index (χ0) is 18.2. The van der Waals surface area contributed by atoms with Crippen molar-refractivity contribution in [2.24, 2.45) is 0 Å². The average Bonchev–Trinajstić information content (AvgIpc) is 3.10. The molecule has 3 rings (SSSR count). The van der Waals surface area contributed by atoms with Gasteiger partial charge in [0.1, 0.15) is 11.5 Å². The minimum Gasteiger partial charge on any atom is -0.465 e. The standard InChI is InChI=1S/C21H28N2O3/c1-17-10-11-20(26-17)19(23-12-14-25-15-13-23)16-22-21(24)9-5-8-18-6-3-2-4-7-18/h2-4,6-7,10-11,19H,5,8-9,12-16H2,1H3,(H,22,24)/t19-/m1/s1. The maximum absolute atomic E-state index is 12.3. The van der Waals surface area contributed by atoms with E-state index in [0.717, 1.165) is 50.7 Å². The van der Waals surface area contributed by atoms with E-state index in [4.69, 9.17) is 9.15 Å². The van der Waals surface area contributed by atoms with Crippen molar-refractivity contribution in [2.75, 3.05) is 32.8 Å². The highest BCUT2D eigenvalue weighted by atomic mass is 16.5. The normalized spacial score (nSPS) is 16.3. The largest absolute Gasteiger partial charge is 0.465 e. The molecule has 1 aliphatic heterocycles. The summed E-state index contributed by atoms with van der Waals surface area (Å²) in [7, 11) is 0. The van der Waals surface area contributed by atoms with E-state index in [-0.39, 0.29) is 11.9 Å². The molecule has 5 heteroatoms. The van der Waals surface area contributed by atoms with E-state index in [1.165, 1.54) is 5.56 Å². The van der Waals surface area contributed by atoms with Crippen LogP contribution in [0.5, 0.6) is 0 Å². The number of hydrogen-bond donors (Lipinski definition) is 1. The predicted molar refractivity (Wildman–Crippen MR) is 101 cm³/mol. The van der Waals surface area contributed by atoms with Gasteiger partial charge in [0.25, 0.3) is 0 Å². The number of morpholine rings is 1. The molecule has 5 nitrogen and oxygen atoms in total. The van der Waals surface area contributed by atoms with Gasteiger partial charge in [0.2, 0.25) is 5.91 Å². The molecule has 1 aromatic carbocycles. The minimum absolute atomic E-state index is 0.0608. The van der Waals surface area contributed by atoms with E-state index < -0.39 is 0 Å². The molecule has 0 bridgehead atoms. The summed E-state index contributed by atoms with van der Waals surface area (Å²) >= 11 is 0. The lowest BCUT2D eigenvalue weighted by Crippen LogP contribution is -2.43. The number of hydrogen-bond acceptors (Lipinski definition) is 4. The lowest BCUT2D eigenvalue weighted by atomic mass is 10.1. The van der Waals surface area contributed by atoms with Crippen molar-refractivity contribution in [3.63, 3.8) is 0 Å². The Bertz CT molecular complexity index is 678. The van der Waals surface area contributed by atoms with Crippen molar-refractivity contribution >= 4 is 5.91 Å². The molecule has 26 heavy (non-hydrogen) atoms. The highest BCUT2D eigenvalue weighted by molar-refractivity contribution is 5.75. The van der Waals surface area contributed by atoms with Crippen molar-refractivity contribution in [3.8, 4) is 0 Å². The van der Waals surface area contributed by atoms with Gasteiger partial charge in [-0.2, -0.15) is 0 Å². The number of nitrogens with one attached hydrogen (secondary N) is 1. The summed E-state index contributed by atoms with van der Waals surface area (Å²) in [5, 5.41) is 3.09. The van der Waals surface area contributed by atoms with Crippen LogP contribution in [0.2, 0.25) is 0 Å². The fourth-order valence-corrected chi connectivity index (χ4v) is 3.33. The van der Waals surface area contributed by atoms with Crippen LogP contribution in [0.25, 0.3) is 0 Å². The molecule has 140 valence electrons. The zero-order valence-corrected chi connectivity index (χ0v) is 15.4. The Hall–Kier alpha value is -2.11. The average molecular weight is 356 g/mol. The van der Waals surface area contributed by atoms with Crippen LogP contribution in [0.4, 0.5) is 0 Å². The quantitative estimate of drug-likeness (QED) is 0.790. The van der Waals surface area contributed by atoms with Crippen molar-refractivity contribution in [1.82, 2.24) is 10.2 Å². The topological polar surface area (TPSA) is 54.7 Å². The van der Waals surface area contributed by atoms with Crippen LogP contribution in [0.15, 0.2) is 46.9 Å². The molecule has 1 atom stereocenters. The van der Waals surface area contributed by atoms with Gasteiger partial charge in [0.15, 0.2) is 0 Å². The van der Waals surface area contributed by atoms with Crippen LogP contribution in [0.1, 0.15) is 36.0 Å². The van der Waals surface area contributed by atoms with Gasteiger partial charge < -0.3 is 14.5 Å². The smallest absolute Gasteiger partial charge is 0.220 e. The monoisotopic (exact) mass is 356 g/mol. The Morgan fingerprint density at radius 2 is 1.92 bits per heavy atom. The molecule has 1 fully saturated rings. The Labute approximate surface area is 155 Å². The molecular weight excluding hydrogens is 328 g/mol. The Kier molecular flexibility index (Phi) is 6.86. The first-order valence-corrected chi connectivity index (χ1v) is 9.41. The molecule has 1 aromatic heterocycles. The van der Waals surface area contributed by atoms with Crippen molar-refractivity contribution in [2.45, 2.75) is 32.2 Å². The maximum Gasteiger partial charge on any atom is 0.220 e. The number of benzene rings is 1. The molecule has 1 amide bonds. The first kappa shape index (κ1) is 18.7. The van der Waals surface area contributed by atoms with Gasteiger partial charge in [0.05, 0.1) is 19.3 Å². The highest BCUT2D eigenvalue weighted by Gasteiger charge is 2.25. The van der Waals surface area contributed by atoms with Gasteiger partial charge >= 0.3 is 0 Å². The molecule has 0 spiro atoms. The lowest BCUT2D eigenvalue weighted by Gasteiger charge is -2.33. The summed E-state index contributed by atoms with van der Waals surface area (Å²) in [6.07, 6.45) is 2.33. The summed E-state index contributed by atoms with van der Waals surface area (Å²) in [6, 6.07) is 14.3. The summed E-state index contributed by atoms with van der Waals surface area (Å²) in [6.45, 7) is 5.67. The Morgan fingerprint density at radius 1 is 1.15 bits per heavy atom. The second-order valence-corrected chi connectivity index (χ2v) is 6.76. The number of aryl methyl sites for hydroxylation is 2. The number of amides is 1. The minimum atomic E-state index is 0.0608. The van der Waals surface area contributed by atoms with E-state index in [1.807, 2.05) is 37.3 Å².